The zero-order valence-electron chi connectivity index (χ0n) is 17.3. The van der Waals surface area contributed by atoms with Gasteiger partial charge in [0.1, 0.15) is 0 Å². The van der Waals surface area contributed by atoms with E-state index >= 15 is 0 Å². The van der Waals surface area contributed by atoms with E-state index in [0.29, 0.717) is 17.8 Å². The quantitative estimate of drug-likeness (QED) is 0.401. The molecule has 0 aromatic heterocycles. The highest BCUT2D eigenvalue weighted by molar-refractivity contribution is 5.86. The van der Waals surface area contributed by atoms with Crippen molar-refractivity contribution in [2.75, 3.05) is 0 Å². The van der Waals surface area contributed by atoms with Crippen molar-refractivity contribution in [2.45, 2.75) is 51.4 Å². The summed E-state index contributed by atoms with van der Waals surface area (Å²) < 4.78 is 0. The topological polar surface area (TPSA) is 0 Å². The molecule has 3 aliphatic carbocycles. The molecule has 0 nitrogen and oxygen atoms in total. The SMILES string of the molecule is C[C@@H]1Cc2cc3c(cc2[C@@H]1C)-c1ccccc1C31c2ccccc2[C@@H](C)[C@H]1C. The van der Waals surface area contributed by atoms with Gasteiger partial charge in [-0.1, -0.05) is 88.4 Å². The fourth-order valence-corrected chi connectivity index (χ4v) is 6.77. The van der Waals surface area contributed by atoms with Crippen LogP contribution in [-0.4, -0.2) is 0 Å². The van der Waals surface area contributed by atoms with Crippen LogP contribution in [0.5, 0.6) is 0 Å². The van der Waals surface area contributed by atoms with Gasteiger partial charge in [0.05, 0.1) is 0 Å². The van der Waals surface area contributed by atoms with E-state index in [0.717, 1.165) is 5.92 Å². The lowest BCUT2D eigenvalue weighted by Crippen LogP contribution is -2.31. The van der Waals surface area contributed by atoms with E-state index in [1.807, 2.05) is 0 Å². The van der Waals surface area contributed by atoms with Crippen LogP contribution in [0, 0.1) is 11.8 Å². The van der Waals surface area contributed by atoms with Gasteiger partial charge in [0, 0.05) is 5.41 Å². The Morgan fingerprint density at radius 1 is 0.679 bits per heavy atom. The summed E-state index contributed by atoms with van der Waals surface area (Å²) in [6.45, 7) is 9.73. The predicted molar refractivity (Wildman–Crippen MR) is 117 cm³/mol. The molecule has 5 atom stereocenters. The van der Waals surface area contributed by atoms with Gasteiger partial charge in [0.25, 0.3) is 0 Å². The second kappa shape index (κ2) is 5.38. The second-order valence-corrected chi connectivity index (χ2v) is 9.58. The number of benzene rings is 3. The Bertz CT molecular complexity index is 1120. The molecule has 28 heavy (non-hydrogen) atoms. The van der Waals surface area contributed by atoms with Crippen LogP contribution < -0.4 is 0 Å². The Labute approximate surface area is 168 Å². The number of hydrogen-bond acceptors (Lipinski definition) is 0. The van der Waals surface area contributed by atoms with E-state index < -0.39 is 0 Å². The minimum absolute atomic E-state index is 0.00598. The summed E-state index contributed by atoms with van der Waals surface area (Å²) in [5.41, 5.74) is 12.3. The van der Waals surface area contributed by atoms with Crippen molar-refractivity contribution in [2.24, 2.45) is 11.8 Å². The van der Waals surface area contributed by atoms with Crippen molar-refractivity contribution in [1.82, 2.24) is 0 Å². The maximum atomic E-state index is 2.61. The van der Waals surface area contributed by atoms with Crippen LogP contribution in [0.4, 0.5) is 0 Å². The Morgan fingerprint density at radius 3 is 2.21 bits per heavy atom. The first-order chi connectivity index (χ1) is 13.5. The molecule has 1 unspecified atom stereocenters. The molecule has 0 amide bonds. The molecular weight excluding hydrogens is 336 g/mol. The van der Waals surface area contributed by atoms with E-state index in [1.54, 1.807) is 27.8 Å². The molecule has 0 bridgehead atoms. The van der Waals surface area contributed by atoms with Crippen molar-refractivity contribution in [3.8, 4) is 11.1 Å². The molecule has 3 aliphatic rings. The molecule has 0 saturated carbocycles. The van der Waals surface area contributed by atoms with Crippen molar-refractivity contribution in [3.63, 3.8) is 0 Å². The molecule has 3 aromatic rings. The largest absolute Gasteiger partial charge is 0.0620 e. The zero-order chi connectivity index (χ0) is 19.2. The summed E-state index contributed by atoms with van der Waals surface area (Å²) in [7, 11) is 0. The van der Waals surface area contributed by atoms with Crippen molar-refractivity contribution in [3.05, 3.63) is 94.0 Å². The van der Waals surface area contributed by atoms with Crippen molar-refractivity contribution in [1.29, 1.82) is 0 Å². The highest BCUT2D eigenvalue weighted by atomic mass is 14.6. The molecule has 1 spiro atoms. The summed E-state index contributed by atoms with van der Waals surface area (Å²) in [5.74, 6) is 2.54. The lowest BCUT2D eigenvalue weighted by molar-refractivity contribution is 0.401. The third kappa shape index (κ3) is 1.74. The van der Waals surface area contributed by atoms with Crippen LogP contribution in [0.15, 0.2) is 60.7 Å². The molecule has 0 saturated heterocycles. The summed E-state index contributed by atoms with van der Waals surface area (Å²) in [4.78, 5) is 0. The Kier molecular flexibility index (Phi) is 3.19. The molecular formula is C28H28. The maximum Gasteiger partial charge on any atom is 0.0497 e. The van der Waals surface area contributed by atoms with Gasteiger partial charge >= 0.3 is 0 Å². The smallest absolute Gasteiger partial charge is 0.0497 e. The lowest BCUT2D eigenvalue weighted by atomic mass is 9.67. The average molecular weight is 365 g/mol. The standard InChI is InChI=1S/C28H28/c1-16-13-20-14-27-24(15-23(20)17(16)2)22-10-6-8-12-26(22)28(27)19(4)18(3)21-9-5-7-11-25(21)28/h5-12,14-19H,13H2,1-4H3/t16-,17-,18+,19-,28?/m1/s1. The summed E-state index contributed by atoms with van der Waals surface area (Å²) in [6.07, 6.45) is 1.22. The Hall–Kier alpha value is -2.34. The molecule has 6 rings (SSSR count). The molecule has 0 fully saturated rings. The van der Waals surface area contributed by atoms with Crippen LogP contribution in [0.3, 0.4) is 0 Å². The van der Waals surface area contributed by atoms with Gasteiger partial charge in [0.2, 0.25) is 0 Å². The minimum atomic E-state index is 0.00598. The van der Waals surface area contributed by atoms with Gasteiger partial charge in [0.15, 0.2) is 0 Å². The van der Waals surface area contributed by atoms with Crippen LogP contribution >= 0.6 is 0 Å². The normalized spacial score (nSPS) is 31.6. The highest BCUT2D eigenvalue weighted by Crippen LogP contribution is 2.64. The first-order valence-corrected chi connectivity index (χ1v) is 10.9. The zero-order valence-corrected chi connectivity index (χ0v) is 17.3. The fourth-order valence-electron chi connectivity index (χ4n) is 6.77. The van der Waals surface area contributed by atoms with Gasteiger partial charge in [-0.3, -0.25) is 0 Å². The van der Waals surface area contributed by atoms with Crippen molar-refractivity contribution >= 4 is 0 Å². The van der Waals surface area contributed by atoms with E-state index in [9.17, 15) is 0 Å². The molecule has 0 radical (unpaired) electrons. The molecule has 0 aliphatic heterocycles. The first kappa shape index (κ1) is 16.6. The van der Waals surface area contributed by atoms with Crippen molar-refractivity contribution < 1.29 is 0 Å². The fraction of sp³-hybridized carbons (Fsp3) is 0.357. The molecule has 0 heterocycles. The van der Waals surface area contributed by atoms with E-state index in [-0.39, 0.29) is 5.41 Å². The number of fused-ring (bicyclic) bond motifs is 8. The molecule has 0 heteroatoms. The summed E-state index contributed by atoms with van der Waals surface area (Å²) >= 11 is 0. The van der Waals surface area contributed by atoms with E-state index in [4.69, 9.17) is 0 Å². The Morgan fingerprint density at radius 2 is 1.39 bits per heavy atom. The van der Waals surface area contributed by atoms with Crippen LogP contribution in [0.2, 0.25) is 0 Å². The second-order valence-electron chi connectivity index (χ2n) is 9.58. The summed E-state index contributed by atoms with van der Waals surface area (Å²) in [5, 5.41) is 0. The first-order valence-electron chi connectivity index (χ1n) is 10.9. The van der Waals surface area contributed by atoms with E-state index in [2.05, 4.69) is 88.4 Å². The maximum absolute atomic E-state index is 2.61. The van der Waals surface area contributed by atoms with Gasteiger partial charge in [-0.2, -0.15) is 0 Å². The minimum Gasteiger partial charge on any atom is -0.0620 e. The number of hydrogen-bond donors (Lipinski definition) is 0. The van der Waals surface area contributed by atoms with Crippen LogP contribution in [-0.2, 0) is 11.8 Å². The predicted octanol–water partition coefficient (Wildman–Crippen LogP) is 7.05. The molecule has 140 valence electrons. The summed E-state index contributed by atoms with van der Waals surface area (Å²) in [6, 6.07) is 23.6. The molecule has 0 N–H and O–H groups in total. The van der Waals surface area contributed by atoms with Gasteiger partial charge in [-0.05, 0) is 74.6 Å². The van der Waals surface area contributed by atoms with Crippen LogP contribution in [0.25, 0.3) is 11.1 Å². The molecule has 3 aromatic carbocycles. The lowest BCUT2D eigenvalue weighted by Gasteiger charge is -2.35. The Balaban J connectivity index is 1.74. The van der Waals surface area contributed by atoms with Crippen LogP contribution in [0.1, 0.15) is 72.9 Å². The van der Waals surface area contributed by atoms with E-state index in [1.165, 1.54) is 23.1 Å². The monoisotopic (exact) mass is 364 g/mol. The third-order valence-electron chi connectivity index (χ3n) is 8.54. The highest BCUT2D eigenvalue weighted by Gasteiger charge is 2.55. The van der Waals surface area contributed by atoms with Gasteiger partial charge in [-0.25, -0.2) is 0 Å². The van der Waals surface area contributed by atoms with Gasteiger partial charge in [-0.15, -0.1) is 0 Å². The number of rotatable bonds is 0. The third-order valence-corrected chi connectivity index (χ3v) is 8.54. The van der Waals surface area contributed by atoms with Gasteiger partial charge < -0.3 is 0 Å². The average Bonchev–Trinajstić information content (AvgIpc) is 3.25.